The fourth-order valence-electron chi connectivity index (χ4n) is 4.17. The lowest BCUT2D eigenvalue weighted by Crippen LogP contribution is -2.38. The number of thioether (sulfide) groups is 1. The number of ether oxygens (including phenoxy) is 2. The molecule has 8 heteroatoms. The lowest BCUT2D eigenvalue weighted by Gasteiger charge is -2.36. The first-order valence-electron chi connectivity index (χ1n) is 12.0. The van der Waals surface area contributed by atoms with Crippen molar-refractivity contribution in [3.63, 3.8) is 0 Å². The van der Waals surface area contributed by atoms with Crippen LogP contribution in [0.5, 0.6) is 5.75 Å². The minimum Gasteiger partial charge on any atom is -0.492 e. The van der Waals surface area contributed by atoms with Gasteiger partial charge in [-0.2, -0.15) is 0 Å². The van der Waals surface area contributed by atoms with Crippen molar-refractivity contribution in [3.05, 3.63) is 88.1 Å². The number of carbonyl (C=O) groups excluding carboxylic acids is 2. The van der Waals surface area contributed by atoms with Gasteiger partial charge in [-0.25, -0.2) is 9.79 Å². The van der Waals surface area contributed by atoms with E-state index in [1.165, 1.54) is 11.8 Å². The first kappa shape index (κ1) is 25.6. The Hall–Kier alpha value is -3.52. The summed E-state index contributed by atoms with van der Waals surface area (Å²) in [6, 6.07) is 17.1. The Labute approximate surface area is 216 Å². The van der Waals surface area contributed by atoms with Gasteiger partial charge in [-0.3, -0.25) is 4.79 Å². The van der Waals surface area contributed by atoms with Crippen molar-refractivity contribution in [2.75, 3.05) is 13.2 Å². The van der Waals surface area contributed by atoms with Gasteiger partial charge in [-0.05, 0) is 50.8 Å². The van der Waals surface area contributed by atoms with Crippen LogP contribution in [0.2, 0.25) is 0 Å². The molecular weight excluding hydrogens is 474 g/mol. The van der Waals surface area contributed by atoms with Crippen LogP contribution >= 0.6 is 11.8 Å². The van der Waals surface area contributed by atoms with Crippen molar-refractivity contribution in [2.45, 2.75) is 46.3 Å². The molecule has 2 aliphatic heterocycles. The molecule has 2 aromatic rings. The van der Waals surface area contributed by atoms with E-state index >= 15 is 0 Å². The zero-order chi connectivity index (χ0) is 25.7. The molecule has 0 spiro atoms. The van der Waals surface area contributed by atoms with Gasteiger partial charge in [0, 0.05) is 5.70 Å². The van der Waals surface area contributed by atoms with Crippen LogP contribution in [0, 0.1) is 6.92 Å². The molecule has 188 valence electrons. The predicted molar refractivity (Wildman–Crippen MR) is 142 cm³/mol. The number of benzene rings is 2. The molecule has 1 amide bonds. The Morgan fingerprint density at radius 1 is 1.11 bits per heavy atom. The van der Waals surface area contributed by atoms with Gasteiger partial charge < -0.3 is 19.7 Å². The number of nitrogens with one attached hydrogen (secondary N) is 1. The summed E-state index contributed by atoms with van der Waals surface area (Å²) in [5.74, 6) is 0.246. The Morgan fingerprint density at radius 3 is 2.61 bits per heavy atom. The molecule has 0 aliphatic carbocycles. The number of carbonyl (C=O) groups is 2. The SMILES string of the molecule is CC1=C(C(=O)OC(C)C)[C@@H](c2cccc(C)c2)N2C(CC(=O)NCCOc3ccccc3)=CSC2=N1. The number of fused-ring (bicyclic) bond motifs is 1. The molecule has 0 unspecified atom stereocenters. The zero-order valence-corrected chi connectivity index (χ0v) is 21.8. The second kappa shape index (κ2) is 11.5. The molecule has 2 heterocycles. The molecule has 2 aliphatic rings. The number of aliphatic imine (C=N–C) groups is 1. The second-order valence-corrected chi connectivity index (χ2v) is 9.79. The lowest BCUT2D eigenvalue weighted by atomic mass is 9.93. The third kappa shape index (κ3) is 5.99. The summed E-state index contributed by atoms with van der Waals surface area (Å²) < 4.78 is 11.3. The smallest absolute Gasteiger partial charge is 0.338 e. The van der Waals surface area contributed by atoms with Crippen LogP contribution in [0.3, 0.4) is 0 Å². The summed E-state index contributed by atoms with van der Waals surface area (Å²) in [6.07, 6.45) is -0.0983. The minimum absolute atomic E-state index is 0.125. The molecule has 1 N–H and O–H groups in total. The predicted octanol–water partition coefficient (Wildman–Crippen LogP) is 5.11. The van der Waals surface area contributed by atoms with Gasteiger partial charge in [-0.1, -0.05) is 59.8 Å². The van der Waals surface area contributed by atoms with Crippen molar-refractivity contribution >= 4 is 28.8 Å². The number of amides is 1. The number of esters is 1. The van der Waals surface area contributed by atoms with Crippen LogP contribution in [0.1, 0.15) is 44.4 Å². The van der Waals surface area contributed by atoms with Crippen molar-refractivity contribution < 1.29 is 19.1 Å². The van der Waals surface area contributed by atoms with E-state index in [2.05, 4.69) is 11.4 Å². The van der Waals surface area contributed by atoms with Crippen molar-refractivity contribution in [1.82, 2.24) is 10.2 Å². The summed E-state index contributed by atoms with van der Waals surface area (Å²) in [6.45, 7) is 8.28. The molecule has 0 saturated heterocycles. The van der Waals surface area contributed by atoms with Crippen LogP contribution < -0.4 is 10.1 Å². The Kier molecular flexibility index (Phi) is 8.15. The summed E-state index contributed by atoms with van der Waals surface area (Å²) >= 11 is 1.46. The van der Waals surface area contributed by atoms with Crippen LogP contribution in [0.15, 0.2) is 82.0 Å². The Bertz CT molecular complexity index is 1220. The van der Waals surface area contributed by atoms with Gasteiger partial charge in [0.25, 0.3) is 0 Å². The summed E-state index contributed by atoms with van der Waals surface area (Å²) in [4.78, 5) is 32.7. The maximum Gasteiger partial charge on any atom is 0.338 e. The molecule has 0 aromatic heterocycles. The number of allylic oxidation sites excluding steroid dienone is 1. The van der Waals surface area contributed by atoms with Crippen LogP contribution in [-0.4, -0.2) is 41.2 Å². The molecule has 1 atom stereocenters. The summed E-state index contributed by atoms with van der Waals surface area (Å²) in [5, 5.41) is 5.61. The highest BCUT2D eigenvalue weighted by Crippen LogP contribution is 2.45. The highest BCUT2D eigenvalue weighted by Gasteiger charge is 2.41. The molecule has 4 rings (SSSR count). The zero-order valence-electron chi connectivity index (χ0n) is 21.0. The minimum atomic E-state index is -0.431. The van der Waals surface area contributed by atoms with Gasteiger partial charge in [0.2, 0.25) is 5.91 Å². The summed E-state index contributed by atoms with van der Waals surface area (Å²) in [5.41, 5.74) is 3.93. The van der Waals surface area contributed by atoms with Gasteiger partial charge >= 0.3 is 5.97 Å². The number of hydrogen-bond acceptors (Lipinski definition) is 7. The van der Waals surface area contributed by atoms with E-state index < -0.39 is 12.0 Å². The molecular formula is C28H31N3O4S. The average Bonchev–Trinajstić information content (AvgIpc) is 3.22. The third-order valence-electron chi connectivity index (χ3n) is 5.70. The number of nitrogens with zero attached hydrogens (tertiary/aromatic N) is 2. The maximum absolute atomic E-state index is 13.2. The molecule has 0 saturated carbocycles. The quantitative estimate of drug-likeness (QED) is 0.377. The average molecular weight is 506 g/mol. The number of rotatable bonds is 9. The highest BCUT2D eigenvalue weighted by molar-refractivity contribution is 8.16. The van der Waals surface area contributed by atoms with Gasteiger partial charge in [0.05, 0.1) is 36.4 Å². The van der Waals surface area contributed by atoms with E-state index in [4.69, 9.17) is 14.5 Å². The van der Waals surface area contributed by atoms with E-state index in [9.17, 15) is 9.59 Å². The van der Waals surface area contributed by atoms with Gasteiger partial charge in [0.1, 0.15) is 12.4 Å². The molecule has 36 heavy (non-hydrogen) atoms. The normalized spacial score (nSPS) is 16.9. The van der Waals surface area contributed by atoms with Crippen molar-refractivity contribution in [1.29, 1.82) is 0 Å². The van der Waals surface area contributed by atoms with Crippen LogP contribution in [0.4, 0.5) is 0 Å². The molecule has 7 nitrogen and oxygen atoms in total. The fourth-order valence-corrected chi connectivity index (χ4v) is 5.13. The van der Waals surface area contributed by atoms with Gasteiger partial charge in [-0.15, -0.1) is 0 Å². The standard InChI is InChI=1S/C28H31N3O4S/c1-18(2)35-27(33)25-20(4)30-28-31(26(25)21-10-8-9-19(3)15-21)22(17-36-28)16-24(32)29-13-14-34-23-11-6-5-7-12-23/h5-12,15,17-18,26H,13-14,16H2,1-4H3,(H,29,32)/t26-/m1/s1. The second-order valence-electron chi connectivity index (χ2n) is 8.95. The van der Waals surface area contributed by atoms with E-state index in [0.717, 1.165) is 27.7 Å². The lowest BCUT2D eigenvalue weighted by molar-refractivity contribution is -0.143. The fraction of sp³-hybridized carbons (Fsp3) is 0.321. The third-order valence-corrected chi connectivity index (χ3v) is 6.59. The number of hydrogen-bond donors (Lipinski definition) is 1. The van der Waals surface area contributed by atoms with Crippen LogP contribution in [0.25, 0.3) is 0 Å². The first-order chi connectivity index (χ1) is 17.3. The molecule has 0 radical (unpaired) electrons. The highest BCUT2D eigenvalue weighted by atomic mass is 32.2. The summed E-state index contributed by atoms with van der Waals surface area (Å²) in [7, 11) is 0. The number of para-hydroxylation sites is 1. The van der Waals surface area contributed by atoms with E-state index in [0.29, 0.717) is 24.4 Å². The Balaban J connectivity index is 1.51. The molecule has 2 aromatic carbocycles. The maximum atomic E-state index is 13.2. The van der Waals surface area contributed by atoms with Gasteiger partial charge in [0.15, 0.2) is 5.17 Å². The largest absolute Gasteiger partial charge is 0.492 e. The number of aryl methyl sites for hydroxylation is 1. The first-order valence-corrected chi connectivity index (χ1v) is 12.9. The topological polar surface area (TPSA) is 80.2 Å². The monoisotopic (exact) mass is 505 g/mol. The number of amidine groups is 1. The van der Waals surface area contributed by atoms with E-state index in [1.54, 1.807) is 0 Å². The molecule has 0 fully saturated rings. The van der Waals surface area contributed by atoms with E-state index in [-0.39, 0.29) is 18.4 Å². The van der Waals surface area contributed by atoms with Crippen molar-refractivity contribution in [2.24, 2.45) is 4.99 Å². The molecule has 0 bridgehead atoms. The Morgan fingerprint density at radius 2 is 1.89 bits per heavy atom. The van der Waals surface area contributed by atoms with E-state index in [1.807, 2.05) is 86.5 Å². The van der Waals surface area contributed by atoms with Crippen molar-refractivity contribution in [3.8, 4) is 5.75 Å². The van der Waals surface area contributed by atoms with Crippen LogP contribution in [-0.2, 0) is 14.3 Å².